The highest BCUT2D eigenvalue weighted by molar-refractivity contribution is 5.99. The van der Waals surface area contributed by atoms with Crippen molar-refractivity contribution in [3.8, 4) is 5.75 Å². The molecule has 0 aliphatic rings. The van der Waals surface area contributed by atoms with Gasteiger partial charge in [-0.1, -0.05) is 24.2 Å². The minimum absolute atomic E-state index is 0.0940. The van der Waals surface area contributed by atoms with Crippen LogP contribution in [0, 0.1) is 13.8 Å². The second-order valence-corrected chi connectivity index (χ2v) is 7.59. The van der Waals surface area contributed by atoms with Crippen molar-refractivity contribution >= 4 is 5.78 Å². The Hall–Kier alpha value is -2.93. The van der Waals surface area contributed by atoms with E-state index in [2.05, 4.69) is 26.8 Å². The molecule has 2 aromatic heterocycles. The molecular formula is C23H30N4O3. The largest absolute Gasteiger partial charge is 0.497 e. The number of carbonyl (C=O) groups is 1. The van der Waals surface area contributed by atoms with Gasteiger partial charge in [0.25, 0.3) is 0 Å². The Morgan fingerprint density at radius 2 is 1.97 bits per heavy atom. The molecule has 1 aromatic carbocycles. The van der Waals surface area contributed by atoms with Crippen LogP contribution >= 0.6 is 0 Å². The normalized spacial score (nSPS) is 11.3. The van der Waals surface area contributed by atoms with E-state index in [1.807, 2.05) is 50.9 Å². The molecule has 0 saturated carbocycles. The standard InChI is InChI=1S/C23H30N4O3/c1-6-22-24-23(30-25-22)15-26(4)14-21(28)20-13-16(2)27(17(20)3)12-11-18-7-9-19(29-5)10-8-18/h7-10,13H,6,11-12,14-15H2,1-5H3. The molecule has 0 aliphatic heterocycles. The highest BCUT2D eigenvalue weighted by atomic mass is 16.5. The van der Waals surface area contributed by atoms with Gasteiger partial charge in [-0.3, -0.25) is 9.69 Å². The monoisotopic (exact) mass is 410 g/mol. The number of aromatic nitrogens is 3. The lowest BCUT2D eigenvalue weighted by molar-refractivity contribution is 0.0936. The van der Waals surface area contributed by atoms with Gasteiger partial charge in [0.1, 0.15) is 5.75 Å². The van der Waals surface area contributed by atoms with Crippen molar-refractivity contribution in [3.63, 3.8) is 0 Å². The molecule has 0 aliphatic carbocycles. The summed E-state index contributed by atoms with van der Waals surface area (Å²) in [5.41, 5.74) is 4.11. The molecular weight excluding hydrogens is 380 g/mol. The second kappa shape index (κ2) is 9.71. The van der Waals surface area contributed by atoms with Gasteiger partial charge in [-0.05, 0) is 51.1 Å². The second-order valence-electron chi connectivity index (χ2n) is 7.59. The van der Waals surface area contributed by atoms with Crippen molar-refractivity contribution in [3.05, 3.63) is 64.6 Å². The Morgan fingerprint density at radius 3 is 2.60 bits per heavy atom. The molecule has 0 atom stereocenters. The van der Waals surface area contributed by atoms with E-state index in [0.717, 1.165) is 42.1 Å². The third-order valence-corrected chi connectivity index (χ3v) is 5.30. The van der Waals surface area contributed by atoms with Crippen molar-refractivity contribution in [1.82, 2.24) is 19.6 Å². The van der Waals surface area contributed by atoms with E-state index in [1.165, 1.54) is 5.56 Å². The van der Waals surface area contributed by atoms with Crippen molar-refractivity contribution in [2.75, 3.05) is 20.7 Å². The van der Waals surface area contributed by atoms with Crippen molar-refractivity contribution in [2.24, 2.45) is 0 Å². The van der Waals surface area contributed by atoms with Crippen molar-refractivity contribution in [1.29, 1.82) is 0 Å². The Kier molecular flexibility index (Phi) is 7.05. The van der Waals surface area contributed by atoms with Crippen LogP contribution in [0.3, 0.4) is 0 Å². The molecule has 30 heavy (non-hydrogen) atoms. The predicted octanol–water partition coefficient (Wildman–Crippen LogP) is 3.62. The molecule has 7 heteroatoms. The maximum absolute atomic E-state index is 12.9. The van der Waals surface area contributed by atoms with Gasteiger partial charge in [0, 0.05) is 29.9 Å². The van der Waals surface area contributed by atoms with Gasteiger partial charge in [-0.2, -0.15) is 4.98 Å². The number of benzene rings is 1. The van der Waals surface area contributed by atoms with Gasteiger partial charge in [0.05, 0.1) is 20.2 Å². The molecule has 7 nitrogen and oxygen atoms in total. The number of likely N-dealkylation sites (N-methyl/N-ethyl adjacent to an activating group) is 1. The van der Waals surface area contributed by atoms with Crippen LogP contribution in [0.15, 0.2) is 34.9 Å². The Balaban J connectivity index is 1.62. The molecule has 0 amide bonds. The zero-order valence-electron chi connectivity index (χ0n) is 18.4. The van der Waals surface area contributed by atoms with Crippen LogP contribution in [-0.4, -0.2) is 46.1 Å². The molecule has 0 spiro atoms. The smallest absolute Gasteiger partial charge is 0.240 e. The summed E-state index contributed by atoms with van der Waals surface area (Å²) < 4.78 is 12.7. The predicted molar refractivity (Wildman–Crippen MR) is 115 cm³/mol. The molecule has 0 unspecified atom stereocenters. The first-order chi connectivity index (χ1) is 14.4. The van der Waals surface area contributed by atoms with Gasteiger partial charge in [0.2, 0.25) is 5.89 Å². The first-order valence-electron chi connectivity index (χ1n) is 10.2. The van der Waals surface area contributed by atoms with E-state index >= 15 is 0 Å². The average molecular weight is 411 g/mol. The Morgan fingerprint density at radius 1 is 1.23 bits per heavy atom. The van der Waals surface area contributed by atoms with Crippen LogP contribution < -0.4 is 4.74 Å². The Labute approximate surface area is 177 Å². The van der Waals surface area contributed by atoms with Crippen LogP contribution in [0.4, 0.5) is 0 Å². The first kappa shape index (κ1) is 21.8. The van der Waals surface area contributed by atoms with E-state index in [9.17, 15) is 4.79 Å². The molecule has 0 fully saturated rings. The lowest BCUT2D eigenvalue weighted by Crippen LogP contribution is -2.26. The molecule has 0 saturated heterocycles. The summed E-state index contributed by atoms with van der Waals surface area (Å²) in [4.78, 5) is 19.1. The quantitative estimate of drug-likeness (QED) is 0.475. The summed E-state index contributed by atoms with van der Waals surface area (Å²) in [6.07, 6.45) is 1.62. The summed E-state index contributed by atoms with van der Waals surface area (Å²) in [5, 5.41) is 3.90. The van der Waals surface area contributed by atoms with Crippen LogP contribution in [0.2, 0.25) is 0 Å². The van der Waals surface area contributed by atoms with Gasteiger partial charge in [-0.15, -0.1) is 0 Å². The van der Waals surface area contributed by atoms with E-state index < -0.39 is 0 Å². The molecule has 2 heterocycles. The number of hydrogen-bond donors (Lipinski definition) is 0. The zero-order chi connectivity index (χ0) is 21.7. The SMILES string of the molecule is CCc1noc(CN(C)CC(=O)c2cc(C)n(CCc3ccc(OC)cc3)c2C)n1. The maximum atomic E-state index is 12.9. The van der Waals surface area contributed by atoms with Gasteiger partial charge in [0.15, 0.2) is 11.6 Å². The number of Topliss-reactive ketones (excluding diaryl/α,β-unsaturated/α-hetero) is 1. The minimum Gasteiger partial charge on any atom is -0.497 e. The van der Waals surface area contributed by atoms with Gasteiger partial charge < -0.3 is 13.8 Å². The van der Waals surface area contributed by atoms with Crippen LogP contribution in [0.25, 0.3) is 0 Å². The average Bonchev–Trinajstić information content (AvgIpc) is 3.30. The lowest BCUT2D eigenvalue weighted by atomic mass is 10.1. The third-order valence-electron chi connectivity index (χ3n) is 5.30. The van der Waals surface area contributed by atoms with E-state index in [1.54, 1.807) is 7.11 Å². The number of carbonyl (C=O) groups excluding carboxylic acids is 1. The molecule has 3 rings (SSSR count). The highest BCUT2D eigenvalue weighted by Gasteiger charge is 2.18. The molecule has 0 N–H and O–H groups in total. The third kappa shape index (κ3) is 5.16. The fraction of sp³-hybridized carbons (Fsp3) is 0.435. The Bertz CT molecular complexity index is 989. The molecule has 0 bridgehead atoms. The number of rotatable bonds is 10. The van der Waals surface area contributed by atoms with Crippen molar-refractivity contribution in [2.45, 2.75) is 46.7 Å². The fourth-order valence-electron chi connectivity index (χ4n) is 3.58. The topological polar surface area (TPSA) is 73.4 Å². The number of nitrogens with zero attached hydrogens (tertiary/aromatic N) is 4. The fourth-order valence-corrected chi connectivity index (χ4v) is 3.58. The summed E-state index contributed by atoms with van der Waals surface area (Å²) in [5.74, 6) is 2.17. The zero-order valence-corrected chi connectivity index (χ0v) is 18.4. The van der Waals surface area contributed by atoms with Crippen LogP contribution in [-0.2, 0) is 25.9 Å². The van der Waals surface area contributed by atoms with Crippen LogP contribution in [0.5, 0.6) is 5.75 Å². The van der Waals surface area contributed by atoms with Crippen molar-refractivity contribution < 1.29 is 14.1 Å². The van der Waals surface area contributed by atoms with E-state index in [-0.39, 0.29) is 5.78 Å². The van der Waals surface area contributed by atoms with E-state index in [0.29, 0.717) is 24.8 Å². The summed E-state index contributed by atoms with van der Waals surface area (Å²) >= 11 is 0. The number of methoxy groups -OCH3 is 1. The molecule has 160 valence electrons. The first-order valence-corrected chi connectivity index (χ1v) is 10.2. The number of ether oxygens (including phenoxy) is 1. The lowest BCUT2D eigenvalue weighted by Gasteiger charge is -2.13. The molecule has 3 aromatic rings. The van der Waals surface area contributed by atoms with Gasteiger partial charge in [-0.25, -0.2) is 0 Å². The summed E-state index contributed by atoms with van der Waals surface area (Å²) in [7, 11) is 3.55. The number of hydrogen-bond acceptors (Lipinski definition) is 6. The summed E-state index contributed by atoms with van der Waals surface area (Å²) in [6, 6.07) is 10.1. The van der Waals surface area contributed by atoms with Gasteiger partial charge >= 0.3 is 0 Å². The number of aryl methyl sites for hydroxylation is 3. The molecule has 0 radical (unpaired) electrons. The van der Waals surface area contributed by atoms with Crippen LogP contribution in [0.1, 0.15) is 45.9 Å². The minimum atomic E-state index is 0.0940. The van der Waals surface area contributed by atoms with E-state index in [4.69, 9.17) is 9.26 Å². The number of ketones is 1. The highest BCUT2D eigenvalue weighted by Crippen LogP contribution is 2.18. The summed E-state index contributed by atoms with van der Waals surface area (Å²) in [6.45, 7) is 7.62. The maximum Gasteiger partial charge on any atom is 0.240 e.